The van der Waals surface area contributed by atoms with Crippen molar-refractivity contribution in [3.63, 3.8) is 0 Å². The molecule has 0 aromatic heterocycles. The molecule has 0 radical (unpaired) electrons. The van der Waals surface area contributed by atoms with E-state index in [0.717, 1.165) is 5.56 Å². The van der Waals surface area contributed by atoms with E-state index in [4.69, 9.17) is 11.7 Å². The fraction of sp³-hybridized carbons (Fsp3) is 0.182. The van der Waals surface area contributed by atoms with Crippen molar-refractivity contribution in [2.24, 2.45) is 0 Å². The Morgan fingerprint density at radius 1 is 1.50 bits per heavy atom. The van der Waals surface area contributed by atoms with Crippen LogP contribution in [0.3, 0.4) is 0 Å². The van der Waals surface area contributed by atoms with Crippen LogP contribution < -0.4 is 5.32 Å². The number of benzene rings is 1. The first-order valence-electron chi connectivity index (χ1n) is 4.10. The molecule has 14 heavy (non-hydrogen) atoms. The molecule has 0 atom stereocenters. The summed E-state index contributed by atoms with van der Waals surface area (Å²) in [5.74, 6) is 1.94. The predicted molar refractivity (Wildman–Crippen MR) is 51.7 cm³/mol. The van der Waals surface area contributed by atoms with Crippen molar-refractivity contribution in [3.8, 4) is 18.4 Å². The lowest BCUT2D eigenvalue weighted by Gasteiger charge is -2.02. The van der Waals surface area contributed by atoms with Crippen molar-refractivity contribution in [2.75, 3.05) is 6.54 Å². The minimum Gasteiger partial charge on any atom is -0.302 e. The Bertz CT molecular complexity index is 399. The van der Waals surface area contributed by atoms with E-state index in [-0.39, 0.29) is 5.56 Å². The van der Waals surface area contributed by atoms with E-state index < -0.39 is 5.82 Å². The quantitative estimate of drug-likeness (QED) is 0.575. The maximum Gasteiger partial charge on any atom is 0.140 e. The Hall–Kier alpha value is -1.84. The van der Waals surface area contributed by atoms with Gasteiger partial charge in [0.05, 0.1) is 12.1 Å². The first-order valence-corrected chi connectivity index (χ1v) is 4.10. The van der Waals surface area contributed by atoms with Crippen LogP contribution in [-0.2, 0) is 6.54 Å². The zero-order valence-electron chi connectivity index (χ0n) is 7.55. The van der Waals surface area contributed by atoms with Crippen LogP contribution in [0, 0.1) is 29.5 Å². The lowest BCUT2D eigenvalue weighted by molar-refractivity contribution is 0.622. The summed E-state index contributed by atoms with van der Waals surface area (Å²) in [6.45, 7) is 0.998. The third kappa shape index (κ3) is 2.58. The van der Waals surface area contributed by atoms with Crippen molar-refractivity contribution in [3.05, 3.63) is 35.1 Å². The number of nitrogens with one attached hydrogen (secondary N) is 1. The van der Waals surface area contributed by atoms with Crippen LogP contribution in [-0.4, -0.2) is 6.54 Å². The van der Waals surface area contributed by atoms with E-state index in [1.807, 2.05) is 0 Å². The Kier molecular flexibility index (Phi) is 3.67. The van der Waals surface area contributed by atoms with Crippen LogP contribution in [0.5, 0.6) is 0 Å². The second kappa shape index (κ2) is 5.01. The summed E-state index contributed by atoms with van der Waals surface area (Å²) in [6.07, 6.45) is 5.05. The second-order valence-electron chi connectivity index (χ2n) is 2.73. The number of terminal acetylenes is 1. The fourth-order valence-corrected chi connectivity index (χ4v) is 1.05. The zero-order chi connectivity index (χ0) is 10.4. The summed E-state index contributed by atoms with van der Waals surface area (Å²) in [4.78, 5) is 0. The van der Waals surface area contributed by atoms with Crippen molar-refractivity contribution in [1.29, 1.82) is 5.26 Å². The van der Waals surface area contributed by atoms with Crippen molar-refractivity contribution in [1.82, 2.24) is 5.32 Å². The monoisotopic (exact) mass is 188 g/mol. The Morgan fingerprint density at radius 2 is 2.29 bits per heavy atom. The van der Waals surface area contributed by atoms with E-state index in [1.165, 1.54) is 12.1 Å². The number of halogens is 1. The molecule has 0 aliphatic heterocycles. The van der Waals surface area contributed by atoms with E-state index in [1.54, 1.807) is 12.1 Å². The van der Waals surface area contributed by atoms with Gasteiger partial charge in [0, 0.05) is 6.54 Å². The number of hydrogen-bond acceptors (Lipinski definition) is 2. The minimum atomic E-state index is -0.492. The molecule has 0 fully saturated rings. The van der Waals surface area contributed by atoms with Crippen LogP contribution in [0.25, 0.3) is 0 Å². The molecule has 0 bridgehead atoms. The van der Waals surface area contributed by atoms with Gasteiger partial charge in [0.25, 0.3) is 0 Å². The highest BCUT2D eigenvalue weighted by Crippen LogP contribution is 2.08. The summed E-state index contributed by atoms with van der Waals surface area (Å²) in [6, 6.07) is 6.20. The van der Waals surface area contributed by atoms with Gasteiger partial charge in [-0.05, 0) is 17.7 Å². The number of nitrogens with zero attached hydrogens (tertiary/aromatic N) is 1. The molecule has 3 heteroatoms. The van der Waals surface area contributed by atoms with E-state index in [9.17, 15) is 4.39 Å². The molecule has 70 valence electrons. The fourth-order valence-electron chi connectivity index (χ4n) is 1.05. The molecule has 0 amide bonds. The largest absolute Gasteiger partial charge is 0.302 e. The van der Waals surface area contributed by atoms with Crippen molar-refractivity contribution in [2.45, 2.75) is 6.54 Å². The lowest BCUT2D eigenvalue weighted by Crippen LogP contribution is -2.13. The summed E-state index contributed by atoms with van der Waals surface area (Å²) < 4.78 is 12.9. The molecule has 1 N–H and O–H groups in total. The minimum absolute atomic E-state index is 0.0602. The molecule has 0 heterocycles. The van der Waals surface area contributed by atoms with E-state index in [0.29, 0.717) is 13.1 Å². The average molecular weight is 188 g/mol. The molecule has 0 aliphatic rings. The predicted octanol–water partition coefficient (Wildman–Crippen LogP) is 1.42. The molecule has 0 spiro atoms. The normalized spacial score (nSPS) is 9.07. The number of rotatable bonds is 3. The highest BCUT2D eigenvalue weighted by molar-refractivity contribution is 5.34. The van der Waals surface area contributed by atoms with Crippen LogP contribution in [0.2, 0.25) is 0 Å². The SMILES string of the molecule is C#CCNCc1ccc(F)c(C#N)c1. The van der Waals surface area contributed by atoms with Crippen molar-refractivity contribution >= 4 is 0 Å². The van der Waals surface area contributed by atoms with Crippen LogP contribution in [0.1, 0.15) is 11.1 Å². The molecule has 2 nitrogen and oxygen atoms in total. The molecule has 1 rings (SSSR count). The van der Waals surface area contributed by atoms with Crippen LogP contribution >= 0.6 is 0 Å². The van der Waals surface area contributed by atoms with E-state index in [2.05, 4.69) is 11.2 Å². The number of hydrogen-bond donors (Lipinski definition) is 1. The molecule has 0 saturated carbocycles. The summed E-state index contributed by atoms with van der Waals surface area (Å²) in [5, 5.41) is 11.5. The van der Waals surface area contributed by atoms with Crippen LogP contribution in [0.15, 0.2) is 18.2 Å². The van der Waals surface area contributed by atoms with Crippen LogP contribution in [0.4, 0.5) is 4.39 Å². The highest BCUT2D eigenvalue weighted by atomic mass is 19.1. The smallest absolute Gasteiger partial charge is 0.140 e. The van der Waals surface area contributed by atoms with Gasteiger partial charge in [-0.15, -0.1) is 6.42 Å². The third-order valence-corrected chi connectivity index (χ3v) is 1.71. The maximum atomic E-state index is 12.9. The van der Waals surface area contributed by atoms with Gasteiger partial charge in [0.2, 0.25) is 0 Å². The van der Waals surface area contributed by atoms with Gasteiger partial charge in [-0.1, -0.05) is 12.0 Å². The van der Waals surface area contributed by atoms with Gasteiger partial charge in [-0.3, -0.25) is 0 Å². The molecule has 0 aliphatic carbocycles. The van der Waals surface area contributed by atoms with Gasteiger partial charge >= 0.3 is 0 Å². The maximum absolute atomic E-state index is 12.9. The number of nitriles is 1. The van der Waals surface area contributed by atoms with Gasteiger partial charge in [0.15, 0.2) is 0 Å². The topological polar surface area (TPSA) is 35.8 Å². The second-order valence-corrected chi connectivity index (χ2v) is 2.73. The Labute approximate surface area is 82.4 Å². The summed E-state index contributed by atoms with van der Waals surface area (Å²) in [5.41, 5.74) is 0.906. The van der Waals surface area contributed by atoms with Gasteiger partial charge in [-0.2, -0.15) is 5.26 Å². The lowest BCUT2D eigenvalue weighted by atomic mass is 10.1. The molecule has 0 saturated heterocycles. The first-order chi connectivity index (χ1) is 6.77. The third-order valence-electron chi connectivity index (χ3n) is 1.71. The van der Waals surface area contributed by atoms with Crippen molar-refractivity contribution < 1.29 is 4.39 Å². The molecule has 0 unspecified atom stereocenters. The summed E-state index contributed by atoms with van der Waals surface area (Å²) in [7, 11) is 0. The Morgan fingerprint density at radius 3 is 2.93 bits per heavy atom. The Balaban J connectivity index is 2.72. The first kappa shape index (κ1) is 10.2. The van der Waals surface area contributed by atoms with E-state index >= 15 is 0 Å². The molecule has 1 aromatic rings. The molecular weight excluding hydrogens is 179 g/mol. The highest BCUT2D eigenvalue weighted by Gasteiger charge is 2.01. The molecular formula is C11H9FN2. The van der Waals surface area contributed by atoms with Gasteiger partial charge < -0.3 is 5.32 Å². The summed E-state index contributed by atoms with van der Waals surface area (Å²) >= 11 is 0. The zero-order valence-corrected chi connectivity index (χ0v) is 7.55. The average Bonchev–Trinajstić information content (AvgIpc) is 2.21. The van der Waals surface area contributed by atoms with Gasteiger partial charge in [-0.25, -0.2) is 4.39 Å². The molecule has 1 aromatic carbocycles. The van der Waals surface area contributed by atoms with Gasteiger partial charge in [0.1, 0.15) is 11.9 Å². The standard InChI is InChI=1S/C11H9FN2/c1-2-5-14-8-9-3-4-11(12)10(6-9)7-13/h1,3-4,6,14H,5,8H2.